The standard InChI is InChI=1S/C17H22BrN3/c1-11-3-2-4-12(7-11)9-20-16-6-5-15(19)14-8-13(18)10-21-17(14)16/h5-6,8,10-12,20H,2-4,7,9,19H2,1H3. The molecule has 2 unspecified atom stereocenters. The molecular weight excluding hydrogens is 326 g/mol. The lowest BCUT2D eigenvalue weighted by atomic mass is 9.82. The van der Waals surface area contributed by atoms with Crippen molar-refractivity contribution in [3.05, 3.63) is 28.9 Å². The fourth-order valence-electron chi connectivity index (χ4n) is 3.36. The number of pyridine rings is 1. The van der Waals surface area contributed by atoms with E-state index in [0.29, 0.717) is 0 Å². The smallest absolute Gasteiger partial charge is 0.0954 e. The quantitative estimate of drug-likeness (QED) is 0.782. The zero-order chi connectivity index (χ0) is 14.8. The van der Waals surface area contributed by atoms with Crippen molar-refractivity contribution in [3.8, 4) is 0 Å². The van der Waals surface area contributed by atoms with Gasteiger partial charge in [0, 0.05) is 28.3 Å². The number of fused-ring (bicyclic) bond motifs is 1. The Morgan fingerprint density at radius 3 is 3.05 bits per heavy atom. The second kappa shape index (κ2) is 6.22. The first-order chi connectivity index (χ1) is 10.1. The van der Waals surface area contributed by atoms with Gasteiger partial charge < -0.3 is 11.1 Å². The van der Waals surface area contributed by atoms with E-state index < -0.39 is 0 Å². The van der Waals surface area contributed by atoms with Gasteiger partial charge in [0.2, 0.25) is 0 Å². The van der Waals surface area contributed by atoms with Crippen LogP contribution in [0.1, 0.15) is 32.6 Å². The molecule has 3 rings (SSSR count). The van der Waals surface area contributed by atoms with Crippen LogP contribution in [-0.2, 0) is 0 Å². The molecule has 0 aliphatic heterocycles. The van der Waals surface area contributed by atoms with Gasteiger partial charge in [0.25, 0.3) is 0 Å². The summed E-state index contributed by atoms with van der Waals surface area (Å²) in [6.45, 7) is 3.39. The van der Waals surface area contributed by atoms with Gasteiger partial charge in [0.15, 0.2) is 0 Å². The van der Waals surface area contributed by atoms with Crippen LogP contribution in [0.15, 0.2) is 28.9 Å². The van der Waals surface area contributed by atoms with E-state index in [9.17, 15) is 0 Å². The monoisotopic (exact) mass is 347 g/mol. The zero-order valence-corrected chi connectivity index (χ0v) is 14.0. The van der Waals surface area contributed by atoms with Crippen molar-refractivity contribution < 1.29 is 0 Å². The molecule has 21 heavy (non-hydrogen) atoms. The number of aromatic nitrogens is 1. The third-order valence-electron chi connectivity index (χ3n) is 4.48. The molecule has 1 saturated carbocycles. The maximum Gasteiger partial charge on any atom is 0.0954 e. The topological polar surface area (TPSA) is 50.9 Å². The molecule has 3 nitrogen and oxygen atoms in total. The summed E-state index contributed by atoms with van der Waals surface area (Å²) in [6, 6.07) is 6.04. The first-order valence-electron chi connectivity index (χ1n) is 7.71. The summed E-state index contributed by atoms with van der Waals surface area (Å²) in [4.78, 5) is 4.53. The third-order valence-corrected chi connectivity index (χ3v) is 4.91. The van der Waals surface area contributed by atoms with Crippen LogP contribution in [0.5, 0.6) is 0 Å². The van der Waals surface area contributed by atoms with E-state index >= 15 is 0 Å². The van der Waals surface area contributed by atoms with Crippen LogP contribution < -0.4 is 11.1 Å². The molecule has 0 radical (unpaired) electrons. The molecule has 112 valence electrons. The van der Waals surface area contributed by atoms with Crippen molar-refractivity contribution in [3.63, 3.8) is 0 Å². The highest BCUT2D eigenvalue weighted by molar-refractivity contribution is 9.10. The van der Waals surface area contributed by atoms with E-state index in [2.05, 4.69) is 33.2 Å². The first kappa shape index (κ1) is 14.6. The van der Waals surface area contributed by atoms with Gasteiger partial charge >= 0.3 is 0 Å². The molecule has 1 aliphatic carbocycles. The van der Waals surface area contributed by atoms with Gasteiger partial charge in [-0.2, -0.15) is 0 Å². The summed E-state index contributed by atoms with van der Waals surface area (Å²) in [5.41, 5.74) is 8.88. The van der Waals surface area contributed by atoms with Gasteiger partial charge in [0.1, 0.15) is 0 Å². The van der Waals surface area contributed by atoms with Gasteiger partial charge in [-0.15, -0.1) is 0 Å². The van der Waals surface area contributed by atoms with Crippen LogP contribution in [0, 0.1) is 11.8 Å². The Bertz CT molecular complexity index is 641. The predicted octanol–water partition coefficient (Wildman–Crippen LogP) is 4.82. The minimum Gasteiger partial charge on any atom is -0.398 e. The molecular formula is C17H22BrN3. The SMILES string of the molecule is CC1CCCC(CNc2ccc(N)c3cc(Br)cnc23)C1. The van der Waals surface area contributed by atoms with Crippen LogP contribution in [0.25, 0.3) is 10.9 Å². The third kappa shape index (κ3) is 3.31. The molecule has 4 heteroatoms. The number of hydrogen-bond acceptors (Lipinski definition) is 3. The van der Waals surface area contributed by atoms with Gasteiger partial charge in [-0.1, -0.05) is 19.8 Å². The predicted molar refractivity (Wildman–Crippen MR) is 93.5 cm³/mol. The lowest BCUT2D eigenvalue weighted by molar-refractivity contribution is 0.293. The Kier molecular flexibility index (Phi) is 4.34. The summed E-state index contributed by atoms with van der Waals surface area (Å²) in [6.07, 6.45) is 7.25. The van der Waals surface area contributed by atoms with E-state index in [0.717, 1.165) is 45.1 Å². The molecule has 1 aromatic heterocycles. The average Bonchev–Trinajstić information content (AvgIpc) is 2.47. The molecule has 1 fully saturated rings. The Morgan fingerprint density at radius 1 is 1.38 bits per heavy atom. The van der Waals surface area contributed by atoms with Crippen LogP contribution in [0.4, 0.5) is 11.4 Å². The normalized spacial score (nSPS) is 22.4. The van der Waals surface area contributed by atoms with Crippen LogP contribution in [-0.4, -0.2) is 11.5 Å². The first-order valence-corrected chi connectivity index (χ1v) is 8.50. The fourth-order valence-corrected chi connectivity index (χ4v) is 3.69. The second-order valence-corrected chi connectivity index (χ2v) is 7.19. The lowest BCUT2D eigenvalue weighted by Gasteiger charge is -2.27. The van der Waals surface area contributed by atoms with E-state index in [1.54, 1.807) is 0 Å². The average molecular weight is 348 g/mol. The number of anilines is 2. The van der Waals surface area contributed by atoms with Gasteiger partial charge in [0.05, 0.1) is 11.2 Å². The Morgan fingerprint density at radius 2 is 2.24 bits per heavy atom. The molecule has 0 bridgehead atoms. The van der Waals surface area contributed by atoms with Crippen molar-refractivity contribution in [2.24, 2.45) is 11.8 Å². The Balaban J connectivity index is 1.79. The van der Waals surface area contributed by atoms with E-state index in [-0.39, 0.29) is 0 Å². The number of nitrogens with zero attached hydrogens (tertiary/aromatic N) is 1. The number of halogens is 1. The van der Waals surface area contributed by atoms with Crippen molar-refractivity contribution >= 4 is 38.2 Å². The number of hydrogen-bond donors (Lipinski definition) is 2. The molecule has 2 atom stereocenters. The maximum atomic E-state index is 6.06. The molecule has 3 N–H and O–H groups in total. The molecule has 1 heterocycles. The Hall–Kier alpha value is -1.29. The number of nitrogen functional groups attached to an aromatic ring is 1. The largest absolute Gasteiger partial charge is 0.398 e. The molecule has 0 amide bonds. The highest BCUT2D eigenvalue weighted by Gasteiger charge is 2.18. The van der Waals surface area contributed by atoms with Crippen molar-refractivity contribution in [2.45, 2.75) is 32.6 Å². The lowest BCUT2D eigenvalue weighted by Crippen LogP contribution is -2.21. The number of rotatable bonds is 3. The van der Waals surface area contributed by atoms with Crippen molar-refractivity contribution in [1.29, 1.82) is 0 Å². The number of nitrogens with two attached hydrogens (primary N) is 1. The van der Waals surface area contributed by atoms with Crippen molar-refractivity contribution in [2.75, 3.05) is 17.6 Å². The minimum atomic E-state index is 0.774. The summed E-state index contributed by atoms with van der Waals surface area (Å²) in [5, 5.41) is 4.60. The van der Waals surface area contributed by atoms with Gasteiger partial charge in [-0.3, -0.25) is 4.98 Å². The molecule has 0 spiro atoms. The van der Waals surface area contributed by atoms with Crippen LogP contribution in [0.2, 0.25) is 0 Å². The number of nitrogens with one attached hydrogen (secondary N) is 1. The minimum absolute atomic E-state index is 0.774. The maximum absolute atomic E-state index is 6.06. The Labute approximate surface area is 134 Å². The highest BCUT2D eigenvalue weighted by atomic mass is 79.9. The van der Waals surface area contributed by atoms with Gasteiger partial charge in [-0.05, 0) is 58.8 Å². The van der Waals surface area contributed by atoms with E-state index in [4.69, 9.17) is 5.73 Å². The summed E-state index contributed by atoms with van der Waals surface area (Å²) in [7, 11) is 0. The van der Waals surface area contributed by atoms with E-state index in [1.807, 2.05) is 24.4 Å². The van der Waals surface area contributed by atoms with E-state index in [1.165, 1.54) is 25.7 Å². The molecule has 1 aromatic carbocycles. The molecule has 0 saturated heterocycles. The number of benzene rings is 1. The summed E-state index contributed by atoms with van der Waals surface area (Å²) >= 11 is 3.46. The highest BCUT2D eigenvalue weighted by Crippen LogP contribution is 2.31. The summed E-state index contributed by atoms with van der Waals surface area (Å²) < 4.78 is 0.958. The molecule has 1 aliphatic rings. The van der Waals surface area contributed by atoms with Gasteiger partial charge in [-0.25, -0.2) is 0 Å². The fraction of sp³-hybridized carbons (Fsp3) is 0.471. The van der Waals surface area contributed by atoms with Crippen LogP contribution >= 0.6 is 15.9 Å². The summed E-state index contributed by atoms with van der Waals surface area (Å²) in [5.74, 6) is 1.64. The van der Waals surface area contributed by atoms with Crippen molar-refractivity contribution in [1.82, 2.24) is 4.98 Å². The zero-order valence-electron chi connectivity index (χ0n) is 12.4. The molecule has 2 aromatic rings. The second-order valence-electron chi connectivity index (χ2n) is 6.27. The van der Waals surface area contributed by atoms with Crippen LogP contribution in [0.3, 0.4) is 0 Å².